The third-order valence-corrected chi connectivity index (χ3v) is 3.94. The minimum atomic E-state index is 0.691. The molecule has 1 aliphatic heterocycles. The van der Waals surface area contributed by atoms with Gasteiger partial charge in [-0.15, -0.1) is 0 Å². The Morgan fingerprint density at radius 1 is 1.00 bits per heavy atom. The molecule has 1 atom stereocenters. The molecule has 1 fully saturated rings. The fourth-order valence-corrected chi connectivity index (χ4v) is 2.57. The molecular formula is C14H20N2. The van der Waals surface area contributed by atoms with E-state index in [4.69, 9.17) is 0 Å². The fourth-order valence-electron chi connectivity index (χ4n) is 2.57. The number of hydrogen-bond donors (Lipinski definition) is 2. The second kappa shape index (κ2) is 3.69. The van der Waals surface area contributed by atoms with Gasteiger partial charge in [-0.1, -0.05) is 0 Å². The largest absolute Gasteiger partial charge is 0.383 e. The van der Waals surface area contributed by atoms with Crippen molar-refractivity contribution in [3.05, 3.63) is 23.3 Å². The zero-order valence-electron chi connectivity index (χ0n) is 10.1. The van der Waals surface area contributed by atoms with Crippen LogP contribution in [0.3, 0.4) is 0 Å². The van der Waals surface area contributed by atoms with Crippen LogP contribution in [-0.4, -0.2) is 12.6 Å². The average molecular weight is 216 g/mol. The van der Waals surface area contributed by atoms with E-state index in [2.05, 4.69) is 36.6 Å². The van der Waals surface area contributed by atoms with Crippen molar-refractivity contribution in [2.45, 2.75) is 39.2 Å². The average Bonchev–Trinajstić information content (AvgIpc) is 3.04. The van der Waals surface area contributed by atoms with Gasteiger partial charge in [0.05, 0.1) is 11.4 Å². The Morgan fingerprint density at radius 2 is 1.69 bits per heavy atom. The Hall–Kier alpha value is -1.18. The summed E-state index contributed by atoms with van der Waals surface area (Å²) in [5, 5.41) is 7.27. The van der Waals surface area contributed by atoms with E-state index in [-0.39, 0.29) is 0 Å². The van der Waals surface area contributed by atoms with Gasteiger partial charge in [-0.3, -0.25) is 0 Å². The summed E-state index contributed by atoms with van der Waals surface area (Å²) >= 11 is 0. The van der Waals surface area contributed by atoms with E-state index in [0.29, 0.717) is 6.04 Å². The van der Waals surface area contributed by atoms with E-state index in [9.17, 15) is 0 Å². The topological polar surface area (TPSA) is 24.1 Å². The van der Waals surface area contributed by atoms with Crippen LogP contribution in [-0.2, 0) is 0 Å². The van der Waals surface area contributed by atoms with E-state index >= 15 is 0 Å². The number of fused-ring (bicyclic) bond motifs is 1. The molecule has 1 aromatic rings. The lowest BCUT2D eigenvalue weighted by atomic mass is 10.1. The molecule has 1 aromatic carbocycles. The minimum Gasteiger partial charge on any atom is -0.383 e. The number of aryl methyl sites for hydroxylation is 2. The Kier molecular flexibility index (Phi) is 2.31. The molecule has 0 bridgehead atoms. The van der Waals surface area contributed by atoms with Crippen molar-refractivity contribution >= 4 is 11.4 Å². The molecule has 2 N–H and O–H groups in total. The second-order valence-electron chi connectivity index (χ2n) is 5.29. The maximum atomic E-state index is 3.73. The van der Waals surface area contributed by atoms with Crippen molar-refractivity contribution in [2.24, 2.45) is 5.92 Å². The van der Waals surface area contributed by atoms with Gasteiger partial charge in [0.1, 0.15) is 0 Å². The van der Waals surface area contributed by atoms with E-state index in [1.807, 2.05) is 0 Å². The number of benzene rings is 1. The highest BCUT2D eigenvalue weighted by molar-refractivity contribution is 5.72. The molecule has 86 valence electrons. The molecule has 1 aliphatic carbocycles. The van der Waals surface area contributed by atoms with Gasteiger partial charge < -0.3 is 10.6 Å². The molecule has 1 heterocycles. The highest BCUT2D eigenvalue weighted by Gasteiger charge is 2.32. The summed E-state index contributed by atoms with van der Waals surface area (Å²) in [6, 6.07) is 5.25. The van der Waals surface area contributed by atoms with Gasteiger partial charge in [-0.2, -0.15) is 0 Å². The van der Waals surface area contributed by atoms with Crippen LogP contribution in [0.1, 0.15) is 30.4 Å². The normalized spacial score (nSPS) is 24.0. The first kappa shape index (κ1) is 10.0. The SMILES string of the molecule is Cc1cc2c(cc1C)NC(C1CC1)CCN2. The predicted molar refractivity (Wildman–Crippen MR) is 69.2 cm³/mol. The van der Waals surface area contributed by atoms with Gasteiger partial charge in [-0.05, 0) is 62.3 Å². The number of nitrogens with one attached hydrogen (secondary N) is 2. The summed E-state index contributed by atoms with van der Waals surface area (Å²) in [4.78, 5) is 0. The van der Waals surface area contributed by atoms with Crippen LogP contribution in [0.4, 0.5) is 11.4 Å². The lowest BCUT2D eigenvalue weighted by Gasteiger charge is -2.17. The highest BCUT2D eigenvalue weighted by Crippen LogP contribution is 2.38. The van der Waals surface area contributed by atoms with Crippen molar-refractivity contribution in [2.75, 3.05) is 17.2 Å². The van der Waals surface area contributed by atoms with Crippen LogP contribution in [0.15, 0.2) is 12.1 Å². The van der Waals surface area contributed by atoms with E-state index < -0.39 is 0 Å². The summed E-state index contributed by atoms with van der Waals surface area (Å²) in [7, 11) is 0. The van der Waals surface area contributed by atoms with Gasteiger partial charge in [0, 0.05) is 12.6 Å². The highest BCUT2D eigenvalue weighted by atomic mass is 15.0. The Morgan fingerprint density at radius 3 is 2.38 bits per heavy atom. The summed E-state index contributed by atoms with van der Waals surface area (Å²) in [6.07, 6.45) is 4.08. The molecule has 0 spiro atoms. The molecule has 0 aromatic heterocycles. The maximum Gasteiger partial charge on any atom is 0.0581 e. The molecule has 16 heavy (non-hydrogen) atoms. The number of rotatable bonds is 1. The Labute approximate surface area is 97.4 Å². The van der Waals surface area contributed by atoms with Crippen molar-refractivity contribution in [1.82, 2.24) is 0 Å². The van der Waals surface area contributed by atoms with E-state index in [1.54, 1.807) is 0 Å². The van der Waals surface area contributed by atoms with Crippen molar-refractivity contribution in [3.63, 3.8) is 0 Å². The molecule has 2 heteroatoms. The van der Waals surface area contributed by atoms with Crippen molar-refractivity contribution in [3.8, 4) is 0 Å². The summed E-state index contributed by atoms with van der Waals surface area (Å²) in [5.74, 6) is 0.925. The van der Waals surface area contributed by atoms with Crippen LogP contribution in [0.5, 0.6) is 0 Å². The summed E-state index contributed by atoms with van der Waals surface area (Å²) in [6.45, 7) is 5.47. The first-order valence-electron chi connectivity index (χ1n) is 6.36. The lowest BCUT2D eigenvalue weighted by Crippen LogP contribution is -2.21. The molecule has 1 unspecified atom stereocenters. The summed E-state index contributed by atoms with van der Waals surface area (Å²) < 4.78 is 0. The first-order chi connectivity index (χ1) is 7.74. The van der Waals surface area contributed by atoms with Crippen molar-refractivity contribution < 1.29 is 0 Å². The maximum absolute atomic E-state index is 3.73. The van der Waals surface area contributed by atoms with Gasteiger partial charge >= 0.3 is 0 Å². The molecule has 0 radical (unpaired) electrons. The van der Waals surface area contributed by atoms with Crippen LogP contribution in [0.25, 0.3) is 0 Å². The molecule has 0 amide bonds. The zero-order valence-corrected chi connectivity index (χ0v) is 10.1. The van der Waals surface area contributed by atoms with Gasteiger partial charge in [-0.25, -0.2) is 0 Å². The first-order valence-corrected chi connectivity index (χ1v) is 6.36. The fraction of sp³-hybridized carbons (Fsp3) is 0.571. The van der Waals surface area contributed by atoms with Crippen LogP contribution < -0.4 is 10.6 Å². The number of anilines is 2. The smallest absolute Gasteiger partial charge is 0.0581 e. The molecule has 2 aliphatic rings. The molecular weight excluding hydrogens is 196 g/mol. The van der Waals surface area contributed by atoms with Crippen molar-refractivity contribution in [1.29, 1.82) is 0 Å². The Bertz CT molecular complexity index is 407. The molecule has 2 nitrogen and oxygen atoms in total. The van der Waals surface area contributed by atoms with Gasteiger partial charge in [0.25, 0.3) is 0 Å². The van der Waals surface area contributed by atoms with E-state index in [1.165, 1.54) is 41.8 Å². The third kappa shape index (κ3) is 1.77. The monoisotopic (exact) mass is 216 g/mol. The zero-order chi connectivity index (χ0) is 11.1. The lowest BCUT2D eigenvalue weighted by molar-refractivity contribution is 0.609. The van der Waals surface area contributed by atoms with E-state index in [0.717, 1.165) is 12.5 Å². The van der Waals surface area contributed by atoms with Gasteiger partial charge in [0.2, 0.25) is 0 Å². The van der Waals surface area contributed by atoms with Crippen LogP contribution >= 0.6 is 0 Å². The standard InChI is InChI=1S/C14H20N2/c1-9-7-13-14(8-10(9)2)16-12(5-6-15-13)11-3-4-11/h7-8,11-12,15-16H,3-6H2,1-2H3. The van der Waals surface area contributed by atoms with Crippen LogP contribution in [0.2, 0.25) is 0 Å². The van der Waals surface area contributed by atoms with Gasteiger partial charge in [0.15, 0.2) is 0 Å². The predicted octanol–water partition coefficient (Wildman–Crippen LogP) is 3.31. The quantitative estimate of drug-likeness (QED) is 0.752. The minimum absolute atomic E-state index is 0.691. The third-order valence-electron chi connectivity index (χ3n) is 3.94. The molecule has 1 saturated carbocycles. The molecule has 0 saturated heterocycles. The summed E-state index contributed by atoms with van der Waals surface area (Å²) in [5.41, 5.74) is 5.34. The Balaban J connectivity index is 1.92. The number of hydrogen-bond acceptors (Lipinski definition) is 2. The second-order valence-corrected chi connectivity index (χ2v) is 5.29. The molecule has 3 rings (SSSR count). The van der Waals surface area contributed by atoms with Crippen LogP contribution in [0, 0.1) is 19.8 Å².